The van der Waals surface area contributed by atoms with Crippen LogP contribution in [0.1, 0.15) is 39.5 Å². The number of unbranched alkanes of at least 4 members (excludes halogenated alkanes) is 1. The van der Waals surface area contributed by atoms with Crippen molar-refractivity contribution in [3.63, 3.8) is 0 Å². The molecule has 1 unspecified atom stereocenters. The van der Waals surface area contributed by atoms with Crippen LogP contribution in [0.3, 0.4) is 0 Å². The van der Waals surface area contributed by atoms with Crippen LogP contribution in [0.4, 0.5) is 0 Å². The quantitative estimate of drug-likeness (QED) is 0.0758. The molecule has 0 heterocycles. The molecule has 0 aliphatic heterocycles. The molecule has 0 amide bonds. The summed E-state index contributed by atoms with van der Waals surface area (Å²) < 4.78 is 61.0. The molecule has 0 aromatic rings. The molecule has 0 fully saturated rings. The molecule has 178 valence electrons. The molecule has 0 radical (unpaired) electrons. The average Bonchev–Trinajstić information content (AvgIpc) is 2.66. The second-order valence-electron chi connectivity index (χ2n) is 6.07. The summed E-state index contributed by atoms with van der Waals surface area (Å²) in [6.07, 6.45) is 4.99. The van der Waals surface area contributed by atoms with Gasteiger partial charge in [0, 0.05) is 17.0 Å². The van der Waals surface area contributed by atoms with Gasteiger partial charge < -0.3 is 37.9 Å². The van der Waals surface area contributed by atoms with Gasteiger partial charge in [0.15, 0.2) is 0 Å². The van der Waals surface area contributed by atoms with Crippen LogP contribution < -0.4 is 59.1 Å². The van der Waals surface area contributed by atoms with E-state index in [1.165, 1.54) is 25.7 Å². The van der Waals surface area contributed by atoms with Crippen LogP contribution in [-0.2, 0) is 34.1 Å². The van der Waals surface area contributed by atoms with E-state index in [-0.39, 0.29) is 65.7 Å². The minimum atomic E-state index is -5.17. The Morgan fingerprint density at radius 3 is 1.42 bits per heavy atom. The van der Waals surface area contributed by atoms with Crippen molar-refractivity contribution in [2.24, 2.45) is 5.92 Å². The zero-order valence-corrected chi connectivity index (χ0v) is 24.5. The van der Waals surface area contributed by atoms with Crippen LogP contribution in [0, 0.1) is 5.92 Å². The van der Waals surface area contributed by atoms with Crippen LogP contribution in [-0.4, -0.2) is 95.3 Å². The minimum Gasteiger partial charge on any atom is -0.759 e. The van der Waals surface area contributed by atoms with Gasteiger partial charge in [0.2, 0.25) is 0 Å². The van der Waals surface area contributed by atoms with Crippen LogP contribution in [0.2, 0.25) is 0 Å². The molecule has 0 aliphatic carbocycles. The molecule has 0 bridgehead atoms. The standard InChI is InChI=1S/C18H38O6.2Na.H2O4S/c1-3-5-6-18(4-2)17-24-16-15-23-14-13-22-12-11-21-10-9-20-8-7-19;;;1-5(2,3)4/h18-19H,3-17H2,1-2H3;;;(H2,1,2,3,4)/q;2*+1;/p-2. The smallest absolute Gasteiger partial charge is 0.759 e. The summed E-state index contributed by atoms with van der Waals surface area (Å²) in [5, 5.41) is 8.52. The molecule has 0 saturated carbocycles. The predicted octanol–water partition coefficient (Wildman–Crippen LogP) is -5.05. The fourth-order valence-electron chi connectivity index (χ4n) is 2.09. The van der Waals surface area contributed by atoms with E-state index in [0.717, 1.165) is 6.61 Å². The summed E-state index contributed by atoms with van der Waals surface area (Å²) in [4.78, 5) is 0. The number of ether oxygens (including phenoxy) is 5. The van der Waals surface area contributed by atoms with Crippen LogP contribution >= 0.6 is 0 Å². The molecular formula is C18H38Na2O10S. The van der Waals surface area contributed by atoms with E-state index in [1.54, 1.807) is 0 Å². The molecule has 0 spiro atoms. The minimum absolute atomic E-state index is 0. The van der Waals surface area contributed by atoms with E-state index in [0.29, 0.717) is 65.4 Å². The first-order valence-electron chi connectivity index (χ1n) is 10.0. The number of hydrogen-bond acceptors (Lipinski definition) is 10. The molecule has 13 heteroatoms. The van der Waals surface area contributed by atoms with Gasteiger partial charge in [-0.3, -0.25) is 8.42 Å². The fourth-order valence-corrected chi connectivity index (χ4v) is 2.09. The second kappa shape index (κ2) is 31.6. The molecule has 10 nitrogen and oxygen atoms in total. The normalized spacial score (nSPS) is 11.6. The molecule has 0 rings (SSSR count). The van der Waals surface area contributed by atoms with E-state index >= 15 is 0 Å². The molecule has 0 saturated heterocycles. The summed E-state index contributed by atoms with van der Waals surface area (Å²) >= 11 is 0. The van der Waals surface area contributed by atoms with Gasteiger partial charge in [-0.15, -0.1) is 0 Å². The van der Waals surface area contributed by atoms with Crippen molar-refractivity contribution in [1.82, 2.24) is 0 Å². The maximum Gasteiger partial charge on any atom is 1.00 e. The van der Waals surface area contributed by atoms with Gasteiger partial charge in [-0.1, -0.05) is 33.1 Å². The van der Waals surface area contributed by atoms with Gasteiger partial charge in [-0.05, 0) is 12.3 Å². The van der Waals surface area contributed by atoms with E-state index in [4.69, 9.17) is 46.3 Å². The third-order valence-electron chi connectivity index (χ3n) is 3.62. The molecule has 0 aromatic heterocycles. The molecule has 1 N–H and O–H groups in total. The van der Waals surface area contributed by atoms with Gasteiger partial charge in [0.05, 0.1) is 66.1 Å². The zero-order valence-electron chi connectivity index (χ0n) is 19.7. The van der Waals surface area contributed by atoms with Crippen LogP contribution in [0.15, 0.2) is 0 Å². The van der Waals surface area contributed by atoms with Crippen molar-refractivity contribution >= 4 is 10.4 Å². The van der Waals surface area contributed by atoms with Gasteiger partial charge >= 0.3 is 59.1 Å². The molecule has 31 heavy (non-hydrogen) atoms. The van der Waals surface area contributed by atoms with Crippen molar-refractivity contribution in [3.05, 3.63) is 0 Å². The number of rotatable bonds is 20. The Kier molecular flexibility index (Phi) is 40.6. The summed E-state index contributed by atoms with van der Waals surface area (Å²) in [6.45, 7) is 10.2. The topological polar surface area (TPSA) is 147 Å². The third kappa shape index (κ3) is 45.8. The number of aliphatic hydroxyl groups is 1. The van der Waals surface area contributed by atoms with E-state index < -0.39 is 10.4 Å². The van der Waals surface area contributed by atoms with Crippen molar-refractivity contribution in [2.45, 2.75) is 39.5 Å². The summed E-state index contributed by atoms with van der Waals surface area (Å²) in [5.74, 6) is 0.683. The van der Waals surface area contributed by atoms with Gasteiger partial charge in [-0.25, -0.2) is 0 Å². The SMILES string of the molecule is CCCCC(CC)COCCOCCOCCOCCOCCO.O=S(=O)([O-])[O-].[Na+].[Na+]. The summed E-state index contributed by atoms with van der Waals surface area (Å²) in [6, 6.07) is 0. The van der Waals surface area contributed by atoms with Crippen molar-refractivity contribution in [3.8, 4) is 0 Å². The Morgan fingerprint density at radius 1 is 0.742 bits per heavy atom. The van der Waals surface area contributed by atoms with Crippen molar-refractivity contribution in [1.29, 1.82) is 0 Å². The Morgan fingerprint density at radius 2 is 1.10 bits per heavy atom. The first-order chi connectivity index (χ1) is 13.8. The summed E-state index contributed by atoms with van der Waals surface area (Å²) in [7, 11) is -5.17. The predicted molar refractivity (Wildman–Crippen MR) is 105 cm³/mol. The zero-order chi connectivity index (χ0) is 22.2. The fraction of sp³-hybridized carbons (Fsp3) is 1.00. The molecule has 0 aliphatic rings. The average molecular weight is 493 g/mol. The molecule has 1 atom stereocenters. The van der Waals surface area contributed by atoms with Crippen LogP contribution in [0.5, 0.6) is 0 Å². The largest absolute Gasteiger partial charge is 1.00 e. The molecule has 0 aromatic carbocycles. The maximum atomic E-state index is 8.52. The van der Waals surface area contributed by atoms with E-state index in [2.05, 4.69) is 13.8 Å². The van der Waals surface area contributed by atoms with Crippen LogP contribution in [0.25, 0.3) is 0 Å². The van der Waals surface area contributed by atoms with E-state index in [1.807, 2.05) is 0 Å². The summed E-state index contributed by atoms with van der Waals surface area (Å²) in [5.41, 5.74) is 0. The second-order valence-corrected chi connectivity index (χ2v) is 6.89. The van der Waals surface area contributed by atoms with Gasteiger partial charge in [0.1, 0.15) is 0 Å². The molecular weight excluding hydrogens is 454 g/mol. The monoisotopic (exact) mass is 492 g/mol. The Labute approximate surface area is 232 Å². The van der Waals surface area contributed by atoms with Gasteiger partial charge in [0.25, 0.3) is 0 Å². The Balaban J connectivity index is -0.000000464. The third-order valence-corrected chi connectivity index (χ3v) is 3.62. The Bertz CT molecular complexity index is 408. The first kappa shape index (κ1) is 39.8. The number of hydrogen-bond donors (Lipinski definition) is 1. The Hall–Kier alpha value is 1.63. The van der Waals surface area contributed by atoms with Gasteiger partial charge in [-0.2, -0.15) is 0 Å². The van der Waals surface area contributed by atoms with Crippen molar-refractivity contribution in [2.75, 3.05) is 72.7 Å². The maximum absolute atomic E-state index is 8.52. The number of aliphatic hydroxyl groups excluding tert-OH is 1. The van der Waals surface area contributed by atoms with E-state index in [9.17, 15) is 0 Å². The van der Waals surface area contributed by atoms with Crippen molar-refractivity contribution < 1.29 is 105 Å². The first-order valence-corrected chi connectivity index (χ1v) is 11.3.